The van der Waals surface area contributed by atoms with Crippen molar-refractivity contribution in [2.24, 2.45) is 5.41 Å². The van der Waals surface area contributed by atoms with E-state index < -0.39 is 71.5 Å². The third kappa shape index (κ3) is 4.06. The van der Waals surface area contributed by atoms with E-state index in [1.807, 2.05) is 65.6 Å². The van der Waals surface area contributed by atoms with E-state index in [2.05, 4.69) is 10.3 Å². The molecule has 6 nitrogen and oxygen atoms in total. The molecule has 47 heavy (non-hydrogen) atoms. The van der Waals surface area contributed by atoms with Gasteiger partial charge in [-0.1, -0.05) is 83.9 Å². The number of carbonyl (C=O) groups is 2. The van der Waals surface area contributed by atoms with Crippen molar-refractivity contribution < 1.29 is 27.5 Å². The van der Waals surface area contributed by atoms with Gasteiger partial charge in [0.2, 0.25) is 5.91 Å². The highest BCUT2D eigenvalue weighted by atomic mass is 35.5. The van der Waals surface area contributed by atoms with Crippen LogP contribution in [0.5, 0.6) is 0 Å². The molecule has 4 aromatic rings. The molecule has 0 radical (unpaired) electrons. The van der Waals surface area contributed by atoms with Crippen LogP contribution in [0.25, 0.3) is 0 Å². The van der Waals surface area contributed by atoms with Crippen molar-refractivity contribution in [2.45, 2.75) is 47.9 Å². The van der Waals surface area contributed by atoms with E-state index >= 15 is 4.39 Å². The molecular weight excluding hydrogens is 650 g/mol. The van der Waals surface area contributed by atoms with Crippen LogP contribution >= 0.6 is 23.2 Å². The number of nitrogens with zero attached hydrogens (tertiary/aromatic N) is 2. The van der Waals surface area contributed by atoms with E-state index in [-0.39, 0.29) is 34.3 Å². The number of cyclic esters (lactones) is 1. The largest absolute Gasteiger partial charge is 0.454 e. The summed E-state index contributed by atoms with van der Waals surface area (Å²) in [5.41, 5.74) is -2.00. The summed E-state index contributed by atoms with van der Waals surface area (Å²) in [6, 6.07) is 22.6. The second kappa shape index (κ2) is 10.8. The number of rotatable bonds is 5. The average Bonchev–Trinajstić information content (AvgIpc) is 3.50. The monoisotopic (exact) mass is 677 g/mol. The quantitative estimate of drug-likeness (QED) is 0.173. The van der Waals surface area contributed by atoms with Crippen LogP contribution < -0.4 is 5.32 Å². The zero-order chi connectivity index (χ0) is 32.7. The van der Waals surface area contributed by atoms with Crippen LogP contribution in [0.15, 0.2) is 91.1 Å². The summed E-state index contributed by atoms with van der Waals surface area (Å²) in [6.07, 6.45) is 0.399. The van der Waals surface area contributed by atoms with E-state index in [1.54, 1.807) is 12.1 Å². The normalized spacial score (nSPS) is 28.4. The number of morpholine rings is 1. The van der Waals surface area contributed by atoms with Gasteiger partial charge in [0.05, 0.1) is 24.4 Å². The number of nitrogens with one attached hydrogen (secondary N) is 1. The van der Waals surface area contributed by atoms with Crippen LogP contribution in [-0.2, 0) is 19.7 Å². The van der Waals surface area contributed by atoms with Gasteiger partial charge in [0.15, 0.2) is 0 Å². The first-order chi connectivity index (χ1) is 22.7. The number of alkyl halides is 2. The number of amides is 1. The molecule has 8 rings (SSSR count). The highest BCUT2D eigenvalue weighted by Crippen LogP contribution is 2.75. The van der Waals surface area contributed by atoms with Crippen LogP contribution in [0, 0.1) is 11.2 Å². The highest BCUT2D eigenvalue weighted by Gasteiger charge is 2.83. The molecule has 0 bridgehead atoms. The minimum Gasteiger partial charge on any atom is -0.454 e. The lowest BCUT2D eigenvalue weighted by Gasteiger charge is -2.64. The fourth-order valence-corrected chi connectivity index (χ4v) is 9.48. The Morgan fingerprint density at radius 2 is 1.53 bits per heavy atom. The Morgan fingerprint density at radius 3 is 2.17 bits per heavy atom. The number of aromatic nitrogens is 1. The predicted molar refractivity (Wildman–Crippen MR) is 170 cm³/mol. The molecular formula is C36H28Cl2F3N3O3. The number of hydrogen-bond acceptors (Lipinski definition) is 5. The molecule has 240 valence electrons. The van der Waals surface area contributed by atoms with E-state index in [0.29, 0.717) is 11.1 Å². The molecule has 1 aromatic heterocycles. The fourth-order valence-electron chi connectivity index (χ4n) is 9.14. The van der Waals surface area contributed by atoms with Crippen molar-refractivity contribution in [3.63, 3.8) is 0 Å². The van der Waals surface area contributed by atoms with E-state index in [1.165, 1.54) is 18.3 Å². The lowest BCUT2D eigenvalue weighted by atomic mass is 9.45. The van der Waals surface area contributed by atoms with Gasteiger partial charge < -0.3 is 10.1 Å². The number of anilines is 1. The molecule has 4 heterocycles. The molecule has 0 unspecified atom stereocenters. The van der Waals surface area contributed by atoms with Gasteiger partial charge in [-0.3, -0.25) is 23.3 Å². The number of esters is 1. The van der Waals surface area contributed by atoms with Crippen molar-refractivity contribution in [1.82, 2.24) is 9.88 Å². The van der Waals surface area contributed by atoms with E-state index in [9.17, 15) is 18.4 Å². The number of pyridine rings is 1. The molecule has 1 saturated carbocycles. The Bertz CT molecular complexity index is 1900. The first-order valence-corrected chi connectivity index (χ1v) is 16.1. The van der Waals surface area contributed by atoms with E-state index in [4.69, 9.17) is 27.9 Å². The number of fused-ring (bicyclic) bond motifs is 5. The Hall–Kier alpha value is -3.92. The van der Waals surface area contributed by atoms with Gasteiger partial charge in [0.25, 0.3) is 0 Å². The third-order valence-electron chi connectivity index (χ3n) is 10.8. The molecule has 1 aliphatic carbocycles. The Balaban J connectivity index is 1.48. The highest BCUT2D eigenvalue weighted by molar-refractivity contribution is 6.31. The lowest BCUT2D eigenvalue weighted by molar-refractivity contribution is -0.200. The van der Waals surface area contributed by atoms with Crippen molar-refractivity contribution in [3.05, 3.63) is 129 Å². The summed E-state index contributed by atoms with van der Waals surface area (Å²) in [7, 11) is 0. The molecule has 4 aliphatic rings. The molecule has 1 amide bonds. The maximum Gasteiger partial charge on any atom is 0.324 e. The second-order valence-corrected chi connectivity index (χ2v) is 13.9. The summed E-state index contributed by atoms with van der Waals surface area (Å²) < 4.78 is 51.7. The SMILES string of the molecule is O=C1O[C@@H](c2ccccc2)[C@@H](c2ccccc2)N2[C@@H]1[C@H](c1ccnc(Cl)c1)[C@@]1(C(=O)Nc3cc(Cl)c(F)cc31)C21CC(CF)(CF)C1. The number of halogens is 5. The van der Waals surface area contributed by atoms with Gasteiger partial charge >= 0.3 is 5.97 Å². The molecule has 2 spiro atoms. The van der Waals surface area contributed by atoms with Gasteiger partial charge in [0, 0.05) is 28.8 Å². The summed E-state index contributed by atoms with van der Waals surface area (Å²) in [6.45, 7) is -1.95. The molecule has 3 aromatic carbocycles. The lowest BCUT2D eigenvalue weighted by Crippen LogP contribution is -2.72. The van der Waals surface area contributed by atoms with Gasteiger partial charge in [-0.15, -0.1) is 0 Å². The fraction of sp³-hybridized carbons (Fsp3) is 0.306. The molecule has 5 atom stereocenters. The molecule has 3 aliphatic heterocycles. The Labute approximate surface area is 278 Å². The van der Waals surface area contributed by atoms with Gasteiger partial charge in [0.1, 0.15) is 28.5 Å². The van der Waals surface area contributed by atoms with Crippen LogP contribution in [0.1, 0.15) is 53.2 Å². The van der Waals surface area contributed by atoms with Crippen LogP contribution in [-0.4, -0.2) is 46.7 Å². The van der Waals surface area contributed by atoms with Crippen molar-refractivity contribution in [3.8, 4) is 0 Å². The van der Waals surface area contributed by atoms with Gasteiger partial charge in [-0.25, -0.2) is 9.37 Å². The van der Waals surface area contributed by atoms with Crippen molar-refractivity contribution in [2.75, 3.05) is 18.7 Å². The standard InChI is InChI=1S/C36H28Cl2F3N3O3/c37-24-15-26-23(14-25(24)41)36(33(46)43-26)28(22-11-12-42-27(38)13-22)30-32(45)47-31(21-9-5-2-6-10-21)29(20-7-3-1-4-8-20)44(30)35(36)16-34(17-35,18-39)19-40/h1-15,28-31H,16-19H2,(H,43,46)/t28-,29+,30+,31-,36-/m0/s1. The van der Waals surface area contributed by atoms with Gasteiger partial charge in [-0.2, -0.15) is 0 Å². The van der Waals surface area contributed by atoms with Crippen LogP contribution in [0.3, 0.4) is 0 Å². The zero-order valence-electron chi connectivity index (χ0n) is 24.8. The van der Waals surface area contributed by atoms with Gasteiger partial charge in [-0.05, 0) is 59.4 Å². The predicted octanol–water partition coefficient (Wildman–Crippen LogP) is 7.68. The number of carbonyl (C=O) groups excluding carboxylic acids is 2. The van der Waals surface area contributed by atoms with Crippen molar-refractivity contribution in [1.29, 1.82) is 0 Å². The minimum absolute atomic E-state index is 0.117. The van der Waals surface area contributed by atoms with E-state index in [0.717, 1.165) is 5.56 Å². The summed E-state index contributed by atoms with van der Waals surface area (Å²) in [5.74, 6) is -2.92. The number of benzene rings is 3. The first kappa shape index (κ1) is 30.4. The molecule has 11 heteroatoms. The smallest absolute Gasteiger partial charge is 0.324 e. The zero-order valence-corrected chi connectivity index (χ0v) is 26.3. The van der Waals surface area contributed by atoms with Crippen LogP contribution in [0.4, 0.5) is 18.9 Å². The molecule has 3 fully saturated rings. The summed E-state index contributed by atoms with van der Waals surface area (Å²) in [5, 5.41) is 2.84. The Kier molecular flexibility index (Phi) is 6.99. The Morgan fingerprint density at radius 1 is 0.872 bits per heavy atom. The molecule has 2 saturated heterocycles. The minimum atomic E-state index is -1.71. The topological polar surface area (TPSA) is 71.5 Å². The summed E-state index contributed by atoms with van der Waals surface area (Å²) in [4.78, 5) is 35.6. The average molecular weight is 679 g/mol. The second-order valence-electron chi connectivity index (χ2n) is 13.1. The number of ether oxygens (including phenoxy) is 1. The maximum absolute atomic E-state index is 15.5. The third-order valence-corrected chi connectivity index (χ3v) is 11.3. The van der Waals surface area contributed by atoms with Crippen LogP contribution in [0.2, 0.25) is 10.2 Å². The summed E-state index contributed by atoms with van der Waals surface area (Å²) >= 11 is 12.6. The first-order valence-electron chi connectivity index (χ1n) is 15.3. The number of hydrogen-bond donors (Lipinski definition) is 1. The maximum atomic E-state index is 15.5. The molecule has 1 N–H and O–H groups in total. The van der Waals surface area contributed by atoms with Crippen molar-refractivity contribution >= 4 is 40.8 Å².